The lowest BCUT2D eigenvalue weighted by Gasteiger charge is -2.18. The first-order valence-corrected chi connectivity index (χ1v) is 12.0. The number of nitrogens with zero attached hydrogens (tertiary/aromatic N) is 1. The summed E-state index contributed by atoms with van der Waals surface area (Å²) in [5, 5.41) is 3.32. The molecule has 0 spiro atoms. The lowest BCUT2D eigenvalue weighted by molar-refractivity contribution is -0.141. The van der Waals surface area contributed by atoms with Crippen LogP contribution in [0.2, 0.25) is 0 Å². The van der Waals surface area contributed by atoms with Crippen LogP contribution in [0, 0.1) is 6.92 Å². The predicted octanol–water partition coefficient (Wildman–Crippen LogP) is 6.28. The fraction of sp³-hybridized carbons (Fsp3) is 0.379. The van der Waals surface area contributed by atoms with Crippen molar-refractivity contribution in [2.24, 2.45) is 0 Å². The standard InChI is InChI=1S/C29H36N2O3/c1-21(2)24-8-10-25(11-9-24)26(20-29(32)33-4)19-23-6-12-27(13-7-23)34-17-5-15-30-28-18-22(3)14-16-31-28/h6-14,16,18,21,26H,5,15,17,19-20H2,1-4H3,(H,30,31). The zero-order chi connectivity index (χ0) is 24.3. The second-order valence-electron chi connectivity index (χ2n) is 8.99. The minimum atomic E-state index is -0.188. The van der Waals surface area contributed by atoms with Gasteiger partial charge in [-0.3, -0.25) is 4.79 Å². The largest absolute Gasteiger partial charge is 0.494 e. The maximum atomic E-state index is 12.0. The van der Waals surface area contributed by atoms with Crippen LogP contribution in [0.5, 0.6) is 5.75 Å². The average Bonchev–Trinajstić information content (AvgIpc) is 2.84. The van der Waals surface area contributed by atoms with Gasteiger partial charge in [0.15, 0.2) is 0 Å². The van der Waals surface area contributed by atoms with Crippen LogP contribution >= 0.6 is 0 Å². The number of benzene rings is 2. The number of hydrogen-bond donors (Lipinski definition) is 1. The van der Waals surface area contributed by atoms with Crippen molar-refractivity contribution in [3.8, 4) is 5.75 Å². The molecule has 0 aliphatic rings. The highest BCUT2D eigenvalue weighted by molar-refractivity contribution is 5.70. The maximum Gasteiger partial charge on any atom is 0.306 e. The highest BCUT2D eigenvalue weighted by Gasteiger charge is 2.18. The van der Waals surface area contributed by atoms with Gasteiger partial charge in [0.1, 0.15) is 11.6 Å². The molecular formula is C29H36N2O3. The highest BCUT2D eigenvalue weighted by Crippen LogP contribution is 2.27. The molecule has 180 valence electrons. The summed E-state index contributed by atoms with van der Waals surface area (Å²) < 4.78 is 10.8. The first-order chi connectivity index (χ1) is 16.4. The number of anilines is 1. The van der Waals surface area contributed by atoms with Crippen LogP contribution in [0.25, 0.3) is 0 Å². The maximum absolute atomic E-state index is 12.0. The molecule has 2 aromatic carbocycles. The minimum absolute atomic E-state index is 0.0711. The number of pyridine rings is 1. The van der Waals surface area contributed by atoms with Gasteiger partial charge >= 0.3 is 5.97 Å². The highest BCUT2D eigenvalue weighted by atomic mass is 16.5. The summed E-state index contributed by atoms with van der Waals surface area (Å²) in [6.07, 6.45) is 3.82. The van der Waals surface area contributed by atoms with E-state index in [-0.39, 0.29) is 11.9 Å². The molecule has 1 aromatic heterocycles. The van der Waals surface area contributed by atoms with Gasteiger partial charge in [-0.1, -0.05) is 50.2 Å². The Hall–Kier alpha value is -3.34. The van der Waals surface area contributed by atoms with Crippen molar-refractivity contribution in [1.82, 2.24) is 4.98 Å². The molecule has 0 amide bonds. The Labute approximate surface area is 203 Å². The zero-order valence-electron chi connectivity index (χ0n) is 20.7. The molecule has 3 aromatic rings. The first kappa shape index (κ1) is 25.3. The van der Waals surface area contributed by atoms with E-state index in [9.17, 15) is 4.79 Å². The third-order valence-corrected chi connectivity index (χ3v) is 5.93. The lowest BCUT2D eigenvalue weighted by Crippen LogP contribution is -2.11. The Morgan fingerprint density at radius 2 is 1.71 bits per heavy atom. The number of nitrogens with one attached hydrogen (secondary N) is 1. The summed E-state index contributed by atoms with van der Waals surface area (Å²) in [5.41, 5.74) is 4.81. The number of esters is 1. The van der Waals surface area contributed by atoms with E-state index in [0.717, 1.165) is 36.5 Å². The third-order valence-electron chi connectivity index (χ3n) is 5.93. The van der Waals surface area contributed by atoms with E-state index in [4.69, 9.17) is 9.47 Å². The topological polar surface area (TPSA) is 60.5 Å². The van der Waals surface area contributed by atoms with Crippen molar-refractivity contribution >= 4 is 11.8 Å². The van der Waals surface area contributed by atoms with Gasteiger partial charge in [0.2, 0.25) is 0 Å². The van der Waals surface area contributed by atoms with Crippen LogP contribution < -0.4 is 10.1 Å². The monoisotopic (exact) mass is 460 g/mol. The summed E-state index contributed by atoms with van der Waals surface area (Å²) in [6.45, 7) is 7.86. The second-order valence-corrected chi connectivity index (χ2v) is 8.99. The molecule has 1 unspecified atom stereocenters. The molecule has 5 heteroatoms. The summed E-state index contributed by atoms with van der Waals surface area (Å²) >= 11 is 0. The fourth-order valence-electron chi connectivity index (χ4n) is 3.86. The lowest BCUT2D eigenvalue weighted by atomic mass is 9.88. The quantitative estimate of drug-likeness (QED) is 0.254. The Bertz CT molecular complexity index is 1030. The molecule has 0 saturated heterocycles. The van der Waals surface area contributed by atoms with E-state index in [2.05, 4.69) is 67.5 Å². The Morgan fingerprint density at radius 1 is 1.00 bits per heavy atom. The van der Waals surface area contributed by atoms with E-state index < -0.39 is 0 Å². The van der Waals surface area contributed by atoms with Gasteiger partial charge in [0, 0.05) is 12.7 Å². The van der Waals surface area contributed by atoms with Crippen LogP contribution in [-0.4, -0.2) is 31.2 Å². The smallest absolute Gasteiger partial charge is 0.306 e. The second kappa shape index (κ2) is 12.8. The molecule has 3 rings (SSSR count). The van der Waals surface area contributed by atoms with Crippen molar-refractivity contribution in [3.63, 3.8) is 0 Å². The van der Waals surface area contributed by atoms with Crippen molar-refractivity contribution in [1.29, 1.82) is 0 Å². The van der Waals surface area contributed by atoms with E-state index >= 15 is 0 Å². The van der Waals surface area contributed by atoms with Gasteiger partial charge < -0.3 is 14.8 Å². The van der Waals surface area contributed by atoms with Gasteiger partial charge in [-0.15, -0.1) is 0 Å². The van der Waals surface area contributed by atoms with Crippen LogP contribution in [-0.2, 0) is 16.0 Å². The number of aryl methyl sites for hydroxylation is 1. The molecule has 1 N–H and O–H groups in total. The minimum Gasteiger partial charge on any atom is -0.494 e. The molecule has 0 saturated carbocycles. The van der Waals surface area contributed by atoms with Gasteiger partial charge in [-0.25, -0.2) is 4.98 Å². The zero-order valence-corrected chi connectivity index (χ0v) is 20.7. The van der Waals surface area contributed by atoms with E-state index in [1.54, 1.807) is 0 Å². The van der Waals surface area contributed by atoms with Gasteiger partial charge in [0.05, 0.1) is 20.1 Å². The van der Waals surface area contributed by atoms with Crippen molar-refractivity contribution in [2.45, 2.75) is 51.9 Å². The molecule has 0 bridgehead atoms. The van der Waals surface area contributed by atoms with Crippen LogP contribution in [0.3, 0.4) is 0 Å². The molecule has 0 aliphatic heterocycles. The van der Waals surface area contributed by atoms with Gasteiger partial charge in [-0.05, 0) is 78.1 Å². The summed E-state index contributed by atoms with van der Waals surface area (Å²) in [4.78, 5) is 16.3. The Balaban J connectivity index is 1.52. The molecule has 1 atom stereocenters. The van der Waals surface area contributed by atoms with Gasteiger partial charge in [-0.2, -0.15) is 0 Å². The number of aromatic nitrogens is 1. The third kappa shape index (κ3) is 7.91. The van der Waals surface area contributed by atoms with Crippen molar-refractivity contribution in [2.75, 3.05) is 25.6 Å². The molecule has 1 heterocycles. The number of ether oxygens (including phenoxy) is 2. The number of carbonyl (C=O) groups is 1. The number of hydrogen-bond acceptors (Lipinski definition) is 5. The van der Waals surface area contributed by atoms with Crippen molar-refractivity contribution in [3.05, 3.63) is 89.1 Å². The van der Waals surface area contributed by atoms with Gasteiger partial charge in [0.25, 0.3) is 0 Å². The average molecular weight is 461 g/mol. The van der Waals surface area contributed by atoms with E-state index in [0.29, 0.717) is 18.9 Å². The number of rotatable bonds is 12. The Morgan fingerprint density at radius 3 is 2.35 bits per heavy atom. The molecule has 5 nitrogen and oxygen atoms in total. The van der Waals surface area contributed by atoms with Crippen LogP contribution in [0.4, 0.5) is 5.82 Å². The fourth-order valence-corrected chi connectivity index (χ4v) is 3.86. The number of carbonyl (C=O) groups excluding carboxylic acids is 1. The molecule has 34 heavy (non-hydrogen) atoms. The van der Waals surface area contributed by atoms with Crippen LogP contribution in [0.15, 0.2) is 66.9 Å². The van der Waals surface area contributed by atoms with E-state index in [1.807, 2.05) is 30.5 Å². The molecule has 0 radical (unpaired) electrons. The first-order valence-electron chi connectivity index (χ1n) is 12.0. The molecule has 0 aliphatic carbocycles. The number of methoxy groups -OCH3 is 1. The Kier molecular flexibility index (Phi) is 9.51. The SMILES string of the molecule is COC(=O)CC(Cc1ccc(OCCCNc2cc(C)ccn2)cc1)c1ccc(C(C)C)cc1. The van der Waals surface area contributed by atoms with E-state index in [1.165, 1.54) is 23.8 Å². The predicted molar refractivity (Wildman–Crippen MR) is 138 cm³/mol. The summed E-state index contributed by atoms with van der Waals surface area (Å²) in [7, 11) is 1.44. The normalized spacial score (nSPS) is 11.8. The molecule has 0 fully saturated rings. The summed E-state index contributed by atoms with van der Waals surface area (Å²) in [5.74, 6) is 2.11. The molecular weight excluding hydrogens is 424 g/mol. The van der Waals surface area contributed by atoms with Crippen molar-refractivity contribution < 1.29 is 14.3 Å². The van der Waals surface area contributed by atoms with Crippen LogP contribution in [0.1, 0.15) is 60.8 Å². The summed E-state index contributed by atoms with van der Waals surface area (Å²) in [6, 6.07) is 20.8.